The number of ether oxygens (including phenoxy) is 1. The van der Waals surface area contributed by atoms with Gasteiger partial charge in [0.2, 0.25) is 0 Å². The van der Waals surface area contributed by atoms with Gasteiger partial charge in [-0.15, -0.1) is 0 Å². The smallest absolute Gasteiger partial charge is 0.274 e. The predicted octanol–water partition coefficient (Wildman–Crippen LogP) is 1.87. The van der Waals surface area contributed by atoms with Crippen molar-refractivity contribution in [3.8, 4) is 0 Å². The van der Waals surface area contributed by atoms with E-state index in [4.69, 9.17) is 4.74 Å². The molecular weight excluding hydrogens is 318 g/mol. The Morgan fingerprint density at radius 2 is 2.20 bits per heavy atom. The molecule has 7 nitrogen and oxygen atoms in total. The summed E-state index contributed by atoms with van der Waals surface area (Å²) >= 11 is 0. The van der Waals surface area contributed by atoms with E-state index in [-0.39, 0.29) is 11.9 Å². The Kier molecular flexibility index (Phi) is 5.75. The van der Waals surface area contributed by atoms with Crippen LogP contribution in [0, 0.1) is 6.92 Å². The molecule has 1 atom stereocenters. The van der Waals surface area contributed by atoms with Crippen molar-refractivity contribution in [3.05, 3.63) is 41.7 Å². The predicted molar refractivity (Wildman–Crippen MR) is 93.3 cm³/mol. The molecule has 2 aromatic rings. The Balaban J connectivity index is 1.67. The van der Waals surface area contributed by atoms with E-state index in [1.165, 1.54) is 0 Å². The number of aryl methyl sites for hydroxylation is 3. The highest BCUT2D eigenvalue weighted by Gasteiger charge is 2.29. The van der Waals surface area contributed by atoms with Crippen LogP contribution in [0.3, 0.4) is 0 Å². The van der Waals surface area contributed by atoms with E-state index in [1.54, 1.807) is 18.5 Å². The van der Waals surface area contributed by atoms with E-state index in [0.717, 1.165) is 37.2 Å². The highest BCUT2D eigenvalue weighted by Crippen LogP contribution is 2.17. The molecule has 1 fully saturated rings. The lowest BCUT2D eigenvalue weighted by Crippen LogP contribution is -2.49. The largest absolute Gasteiger partial charge is 0.377 e. The Morgan fingerprint density at radius 3 is 3.00 bits per heavy atom. The maximum absolute atomic E-state index is 12.9. The van der Waals surface area contributed by atoms with E-state index in [2.05, 4.69) is 22.0 Å². The summed E-state index contributed by atoms with van der Waals surface area (Å²) in [5.41, 5.74) is 2.43. The molecule has 0 bridgehead atoms. The second-order valence-corrected chi connectivity index (χ2v) is 6.32. The summed E-state index contributed by atoms with van der Waals surface area (Å²) in [6.07, 6.45) is 7.86. The molecule has 1 saturated heterocycles. The van der Waals surface area contributed by atoms with Crippen LogP contribution < -0.4 is 0 Å². The number of rotatable bonds is 6. The number of hydrogen-bond acceptors (Lipinski definition) is 5. The number of nitrogens with zero attached hydrogens (tertiary/aromatic N) is 5. The molecule has 134 valence electrons. The Labute approximate surface area is 148 Å². The van der Waals surface area contributed by atoms with Crippen LogP contribution in [0.15, 0.2) is 24.7 Å². The lowest BCUT2D eigenvalue weighted by atomic mass is 10.1. The maximum atomic E-state index is 12.9. The average molecular weight is 343 g/mol. The fourth-order valence-corrected chi connectivity index (χ4v) is 3.12. The highest BCUT2D eigenvalue weighted by molar-refractivity contribution is 5.92. The van der Waals surface area contributed by atoms with E-state index in [0.29, 0.717) is 25.5 Å². The first-order chi connectivity index (χ1) is 12.2. The van der Waals surface area contributed by atoms with Crippen molar-refractivity contribution < 1.29 is 9.53 Å². The minimum absolute atomic E-state index is 0.0148. The molecule has 3 heterocycles. The van der Waals surface area contributed by atoms with E-state index in [9.17, 15) is 4.79 Å². The van der Waals surface area contributed by atoms with Crippen LogP contribution in [0.4, 0.5) is 0 Å². The van der Waals surface area contributed by atoms with Crippen LogP contribution in [0.25, 0.3) is 0 Å². The van der Waals surface area contributed by atoms with Gasteiger partial charge in [0.1, 0.15) is 5.69 Å². The fraction of sp³-hybridized carbons (Fsp3) is 0.556. The highest BCUT2D eigenvalue weighted by atomic mass is 16.5. The minimum Gasteiger partial charge on any atom is -0.377 e. The van der Waals surface area contributed by atoms with E-state index < -0.39 is 0 Å². The van der Waals surface area contributed by atoms with Crippen LogP contribution >= 0.6 is 0 Å². The first-order valence-corrected chi connectivity index (χ1v) is 8.87. The normalized spacial score (nSPS) is 17.7. The lowest BCUT2D eigenvalue weighted by Gasteiger charge is -2.35. The topological polar surface area (TPSA) is 73.1 Å². The number of hydrogen-bond donors (Lipinski definition) is 0. The molecule has 0 radical (unpaired) electrons. The van der Waals surface area contributed by atoms with Crippen LogP contribution in [0.2, 0.25) is 0 Å². The van der Waals surface area contributed by atoms with Gasteiger partial charge < -0.3 is 9.64 Å². The number of amides is 1. The zero-order chi connectivity index (χ0) is 17.6. The molecule has 0 spiro atoms. The third kappa shape index (κ3) is 4.22. The Hall–Kier alpha value is -2.28. The van der Waals surface area contributed by atoms with Crippen molar-refractivity contribution in [1.29, 1.82) is 0 Å². The van der Waals surface area contributed by atoms with E-state index in [1.807, 2.05) is 22.7 Å². The van der Waals surface area contributed by atoms with Gasteiger partial charge >= 0.3 is 0 Å². The molecule has 1 amide bonds. The lowest BCUT2D eigenvalue weighted by molar-refractivity contribution is -0.00448. The Bertz CT molecular complexity index is 715. The van der Waals surface area contributed by atoms with Crippen molar-refractivity contribution >= 4 is 5.91 Å². The molecule has 0 unspecified atom stereocenters. The quantitative estimate of drug-likeness (QED) is 0.800. The van der Waals surface area contributed by atoms with Gasteiger partial charge in [0.15, 0.2) is 0 Å². The summed E-state index contributed by atoms with van der Waals surface area (Å²) in [6.45, 7) is 6.61. The van der Waals surface area contributed by atoms with Gasteiger partial charge in [-0.25, -0.2) is 0 Å². The van der Waals surface area contributed by atoms with Gasteiger partial charge in [0, 0.05) is 31.7 Å². The molecule has 2 aromatic heterocycles. The van der Waals surface area contributed by atoms with Crippen molar-refractivity contribution in [2.45, 2.75) is 45.7 Å². The summed E-state index contributed by atoms with van der Waals surface area (Å²) in [5, 5.41) is 4.40. The van der Waals surface area contributed by atoms with Crippen LogP contribution in [-0.4, -0.2) is 56.4 Å². The van der Waals surface area contributed by atoms with Crippen molar-refractivity contribution in [2.75, 3.05) is 19.8 Å². The molecule has 7 heteroatoms. The van der Waals surface area contributed by atoms with Gasteiger partial charge in [-0.2, -0.15) is 5.10 Å². The molecular formula is C18H25N5O2. The fourth-order valence-electron chi connectivity index (χ4n) is 3.12. The summed E-state index contributed by atoms with van der Waals surface area (Å²) in [4.78, 5) is 23.4. The third-order valence-corrected chi connectivity index (χ3v) is 4.50. The number of carbonyl (C=O) groups excluding carboxylic acids is 1. The van der Waals surface area contributed by atoms with Gasteiger partial charge in [0.05, 0.1) is 30.6 Å². The van der Waals surface area contributed by atoms with Gasteiger partial charge in [-0.3, -0.25) is 19.4 Å². The van der Waals surface area contributed by atoms with E-state index >= 15 is 0 Å². The molecule has 0 saturated carbocycles. The Morgan fingerprint density at radius 1 is 1.36 bits per heavy atom. The molecule has 25 heavy (non-hydrogen) atoms. The molecule has 0 N–H and O–H groups in total. The monoisotopic (exact) mass is 343 g/mol. The molecule has 1 aliphatic heterocycles. The van der Waals surface area contributed by atoms with Gasteiger partial charge in [-0.1, -0.05) is 6.92 Å². The van der Waals surface area contributed by atoms with Crippen molar-refractivity contribution in [1.82, 2.24) is 24.6 Å². The molecule has 3 rings (SSSR count). The number of aromatic nitrogens is 4. The first-order valence-electron chi connectivity index (χ1n) is 8.87. The second kappa shape index (κ2) is 8.20. The molecule has 1 aliphatic rings. The minimum atomic E-state index is -0.0148. The molecule has 0 aromatic carbocycles. The summed E-state index contributed by atoms with van der Waals surface area (Å²) < 4.78 is 7.43. The van der Waals surface area contributed by atoms with Gasteiger partial charge in [-0.05, 0) is 32.3 Å². The number of carbonyl (C=O) groups is 1. The third-order valence-electron chi connectivity index (χ3n) is 4.50. The van der Waals surface area contributed by atoms with Crippen molar-refractivity contribution in [3.63, 3.8) is 0 Å². The second-order valence-electron chi connectivity index (χ2n) is 6.32. The van der Waals surface area contributed by atoms with Crippen LogP contribution in [0.1, 0.15) is 41.6 Å². The summed E-state index contributed by atoms with van der Waals surface area (Å²) in [6, 6.07) is 1.84. The zero-order valence-corrected chi connectivity index (χ0v) is 14.9. The standard InChI is InChI=1S/C18H25N5O2/c1-3-9-22-10-6-17(21-22)18(24)23-11-12-25-13-15(23)4-5-16-14(2)19-7-8-20-16/h6-8,10,15H,3-5,9,11-13H2,1-2H3/t15-/m0/s1. The van der Waals surface area contributed by atoms with Crippen LogP contribution in [0.5, 0.6) is 0 Å². The SMILES string of the molecule is CCCn1ccc(C(=O)N2CCOC[C@@H]2CCc2nccnc2C)n1. The number of morpholine rings is 1. The summed E-state index contributed by atoms with van der Waals surface area (Å²) in [7, 11) is 0. The first kappa shape index (κ1) is 17.5. The average Bonchev–Trinajstić information content (AvgIpc) is 3.10. The summed E-state index contributed by atoms with van der Waals surface area (Å²) in [5.74, 6) is -0.0148. The van der Waals surface area contributed by atoms with Crippen molar-refractivity contribution in [2.24, 2.45) is 0 Å². The van der Waals surface area contributed by atoms with Crippen LogP contribution in [-0.2, 0) is 17.7 Å². The van der Waals surface area contributed by atoms with Gasteiger partial charge in [0.25, 0.3) is 5.91 Å². The molecule has 0 aliphatic carbocycles. The maximum Gasteiger partial charge on any atom is 0.274 e. The zero-order valence-electron chi connectivity index (χ0n) is 14.9.